The number of hydrogen-bond donors (Lipinski definition) is 2. The first kappa shape index (κ1) is 12.8. The molecule has 1 aliphatic carbocycles. The maximum absolute atomic E-state index is 8.87. The summed E-state index contributed by atoms with van der Waals surface area (Å²) < 4.78 is 0. The van der Waals surface area contributed by atoms with Crippen molar-refractivity contribution < 1.29 is 5.11 Å². The summed E-state index contributed by atoms with van der Waals surface area (Å²) in [4.78, 5) is 11.4. The van der Waals surface area contributed by atoms with E-state index in [0.29, 0.717) is 0 Å². The molecule has 3 rings (SSSR count). The standard InChI is InChI=1S/C14H19N3OS/c1-9-3-4-10-11(7-9)19-14-12(10)13(16-8-17-14)15-5-2-6-18/h8-9,18H,2-7H2,1H3,(H,15,16,17)/t9-/m0/s1. The molecule has 19 heavy (non-hydrogen) atoms. The zero-order chi connectivity index (χ0) is 13.2. The Balaban J connectivity index is 1.99. The molecule has 1 atom stereocenters. The normalized spacial score (nSPS) is 18.5. The zero-order valence-electron chi connectivity index (χ0n) is 11.1. The second-order valence-corrected chi connectivity index (χ2v) is 6.34. The molecule has 0 saturated heterocycles. The second-order valence-electron chi connectivity index (χ2n) is 5.26. The lowest BCUT2D eigenvalue weighted by Gasteiger charge is -2.18. The van der Waals surface area contributed by atoms with Gasteiger partial charge in [0.05, 0.1) is 5.39 Å². The predicted molar refractivity (Wildman–Crippen MR) is 78.8 cm³/mol. The highest BCUT2D eigenvalue weighted by atomic mass is 32.1. The Labute approximate surface area is 116 Å². The van der Waals surface area contributed by atoms with E-state index >= 15 is 0 Å². The van der Waals surface area contributed by atoms with Crippen LogP contribution in [0.5, 0.6) is 0 Å². The number of anilines is 1. The number of nitrogens with one attached hydrogen (secondary N) is 1. The van der Waals surface area contributed by atoms with Gasteiger partial charge in [-0.05, 0) is 37.2 Å². The third-order valence-corrected chi connectivity index (χ3v) is 4.88. The van der Waals surface area contributed by atoms with Crippen molar-refractivity contribution in [3.8, 4) is 0 Å². The Morgan fingerprint density at radius 2 is 2.37 bits per heavy atom. The molecule has 0 spiro atoms. The number of rotatable bonds is 4. The first-order chi connectivity index (χ1) is 9.29. The summed E-state index contributed by atoms with van der Waals surface area (Å²) >= 11 is 1.82. The quantitative estimate of drug-likeness (QED) is 0.843. The molecule has 2 N–H and O–H groups in total. The molecular formula is C14H19N3OS. The number of aromatic nitrogens is 2. The van der Waals surface area contributed by atoms with Gasteiger partial charge >= 0.3 is 0 Å². The average Bonchev–Trinajstić information content (AvgIpc) is 2.77. The number of fused-ring (bicyclic) bond motifs is 3. The fourth-order valence-electron chi connectivity index (χ4n) is 2.69. The third-order valence-electron chi connectivity index (χ3n) is 3.72. The lowest BCUT2D eigenvalue weighted by molar-refractivity contribution is 0.292. The summed E-state index contributed by atoms with van der Waals surface area (Å²) in [6, 6.07) is 0. The van der Waals surface area contributed by atoms with E-state index in [1.165, 1.54) is 28.7 Å². The van der Waals surface area contributed by atoms with Crippen LogP contribution < -0.4 is 5.32 Å². The topological polar surface area (TPSA) is 58.0 Å². The van der Waals surface area contributed by atoms with Crippen LogP contribution in [0.2, 0.25) is 0 Å². The Morgan fingerprint density at radius 3 is 3.21 bits per heavy atom. The molecule has 4 nitrogen and oxygen atoms in total. The van der Waals surface area contributed by atoms with Crippen molar-refractivity contribution >= 4 is 27.4 Å². The number of aliphatic hydroxyl groups excluding tert-OH is 1. The molecule has 2 aromatic heterocycles. The molecule has 2 heterocycles. The van der Waals surface area contributed by atoms with E-state index in [1.54, 1.807) is 6.33 Å². The lowest BCUT2D eigenvalue weighted by atomic mass is 9.89. The van der Waals surface area contributed by atoms with Gasteiger partial charge in [-0.25, -0.2) is 9.97 Å². The Kier molecular flexibility index (Phi) is 3.66. The van der Waals surface area contributed by atoms with Crippen molar-refractivity contribution in [3.63, 3.8) is 0 Å². The number of aliphatic hydroxyl groups is 1. The second kappa shape index (κ2) is 5.43. The molecule has 0 unspecified atom stereocenters. The van der Waals surface area contributed by atoms with Crippen LogP contribution in [0.4, 0.5) is 5.82 Å². The molecule has 102 valence electrons. The fraction of sp³-hybridized carbons (Fsp3) is 0.571. The van der Waals surface area contributed by atoms with Crippen molar-refractivity contribution in [2.75, 3.05) is 18.5 Å². The van der Waals surface area contributed by atoms with Gasteiger partial charge in [0.2, 0.25) is 0 Å². The van der Waals surface area contributed by atoms with Crippen molar-refractivity contribution in [1.29, 1.82) is 0 Å². The van der Waals surface area contributed by atoms with E-state index in [4.69, 9.17) is 5.11 Å². The fourth-order valence-corrected chi connectivity index (χ4v) is 4.05. The van der Waals surface area contributed by atoms with Crippen LogP contribution in [0.25, 0.3) is 10.2 Å². The lowest BCUT2D eigenvalue weighted by Crippen LogP contribution is -2.10. The van der Waals surface area contributed by atoms with Crippen LogP contribution in [-0.2, 0) is 12.8 Å². The zero-order valence-corrected chi connectivity index (χ0v) is 12.0. The summed E-state index contributed by atoms with van der Waals surface area (Å²) in [5.74, 6) is 1.71. The van der Waals surface area contributed by atoms with E-state index < -0.39 is 0 Å². The van der Waals surface area contributed by atoms with Gasteiger partial charge in [-0.1, -0.05) is 6.92 Å². The van der Waals surface area contributed by atoms with Crippen molar-refractivity contribution in [2.45, 2.75) is 32.6 Å². The molecule has 2 aromatic rings. The van der Waals surface area contributed by atoms with E-state index in [1.807, 2.05) is 11.3 Å². The van der Waals surface area contributed by atoms with Crippen LogP contribution >= 0.6 is 11.3 Å². The summed E-state index contributed by atoms with van der Waals surface area (Å²) in [6.45, 7) is 3.28. The van der Waals surface area contributed by atoms with Crippen LogP contribution in [0.3, 0.4) is 0 Å². The van der Waals surface area contributed by atoms with Crippen molar-refractivity contribution in [3.05, 3.63) is 16.8 Å². The molecule has 0 saturated carbocycles. The van der Waals surface area contributed by atoms with Gasteiger partial charge in [0.15, 0.2) is 0 Å². The maximum Gasteiger partial charge on any atom is 0.138 e. The van der Waals surface area contributed by atoms with Crippen molar-refractivity contribution in [2.24, 2.45) is 5.92 Å². The molecule has 0 amide bonds. The Morgan fingerprint density at radius 1 is 1.47 bits per heavy atom. The molecular weight excluding hydrogens is 258 g/mol. The van der Waals surface area contributed by atoms with Gasteiger partial charge < -0.3 is 10.4 Å². The first-order valence-corrected chi connectivity index (χ1v) is 7.71. The van der Waals surface area contributed by atoms with E-state index in [-0.39, 0.29) is 6.61 Å². The predicted octanol–water partition coefficient (Wildman–Crippen LogP) is 2.61. The highest BCUT2D eigenvalue weighted by Crippen LogP contribution is 2.39. The SMILES string of the molecule is C[C@H]1CCc2c(sc3ncnc(NCCCO)c23)C1. The molecule has 0 aromatic carbocycles. The Hall–Kier alpha value is -1.20. The summed E-state index contributed by atoms with van der Waals surface area (Å²) in [5, 5.41) is 13.4. The van der Waals surface area contributed by atoms with Gasteiger partial charge in [-0.15, -0.1) is 11.3 Å². The molecule has 0 aliphatic heterocycles. The average molecular weight is 277 g/mol. The minimum Gasteiger partial charge on any atom is -0.396 e. The van der Waals surface area contributed by atoms with Gasteiger partial charge in [-0.2, -0.15) is 0 Å². The van der Waals surface area contributed by atoms with Gasteiger partial charge in [-0.3, -0.25) is 0 Å². The summed E-state index contributed by atoms with van der Waals surface area (Å²) in [7, 11) is 0. The summed E-state index contributed by atoms with van der Waals surface area (Å²) in [6.07, 6.45) is 5.94. The van der Waals surface area contributed by atoms with Crippen LogP contribution in [0, 0.1) is 5.92 Å². The number of thiophene rings is 1. The van der Waals surface area contributed by atoms with Gasteiger partial charge in [0.1, 0.15) is 17.0 Å². The molecule has 5 heteroatoms. The van der Waals surface area contributed by atoms with Crippen LogP contribution in [0.15, 0.2) is 6.33 Å². The molecule has 0 fully saturated rings. The monoisotopic (exact) mass is 277 g/mol. The van der Waals surface area contributed by atoms with E-state index in [2.05, 4.69) is 22.2 Å². The number of aryl methyl sites for hydroxylation is 1. The highest BCUT2D eigenvalue weighted by Gasteiger charge is 2.22. The number of hydrogen-bond acceptors (Lipinski definition) is 5. The van der Waals surface area contributed by atoms with E-state index in [0.717, 1.165) is 36.0 Å². The van der Waals surface area contributed by atoms with E-state index in [9.17, 15) is 0 Å². The maximum atomic E-state index is 8.87. The van der Waals surface area contributed by atoms with Crippen LogP contribution in [-0.4, -0.2) is 28.2 Å². The summed E-state index contributed by atoms with van der Waals surface area (Å²) in [5.41, 5.74) is 1.45. The van der Waals surface area contributed by atoms with Gasteiger partial charge in [0, 0.05) is 18.0 Å². The largest absolute Gasteiger partial charge is 0.396 e. The number of nitrogens with zero attached hydrogens (tertiary/aromatic N) is 2. The highest BCUT2D eigenvalue weighted by molar-refractivity contribution is 7.19. The first-order valence-electron chi connectivity index (χ1n) is 6.89. The van der Waals surface area contributed by atoms with Crippen LogP contribution in [0.1, 0.15) is 30.2 Å². The molecule has 0 bridgehead atoms. The smallest absolute Gasteiger partial charge is 0.138 e. The molecule has 1 aliphatic rings. The van der Waals surface area contributed by atoms with Gasteiger partial charge in [0.25, 0.3) is 0 Å². The van der Waals surface area contributed by atoms with Crippen molar-refractivity contribution in [1.82, 2.24) is 9.97 Å². The minimum absolute atomic E-state index is 0.209. The third kappa shape index (κ3) is 2.44. The minimum atomic E-state index is 0.209. The molecule has 0 radical (unpaired) electrons. The Bertz CT molecular complexity index is 581.